The number of hydrogen-bond acceptors (Lipinski definition) is 4. The Morgan fingerprint density at radius 2 is 1.88 bits per heavy atom. The van der Waals surface area contributed by atoms with Gasteiger partial charge in [-0.15, -0.1) is 10.2 Å². The molecule has 0 fully saturated rings. The van der Waals surface area contributed by atoms with Gasteiger partial charge in [0.05, 0.1) is 6.26 Å². The molecule has 2 aromatic heterocycles. The minimum absolute atomic E-state index is 0.237. The van der Waals surface area contributed by atoms with Gasteiger partial charge in [0.25, 0.3) is 0 Å². The molecule has 0 saturated carbocycles. The van der Waals surface area contributed by atoms with E-state index in [0.29, 0.717) is 17.3 Å². The van der Waals surface area contributed by atoms with Crippen LogP contribution in [0.1, 0.15) is 11.1 Å². The lowest BCUT2D eigenvalue weighted by Gasteiger charge is -2.09. The molecule has 0 unspecified atom stereocenters. The fourth-order valence-corrected chi connectivity index (χ4v) is 3.52. The third-order valence-corrected chi connectivity index (χ3v) is 4.92. The van der Waals surface area contributed by atoms with E-state index < -0.39 is 0 Å². The van der Waals surface area contributed by atoms with Crippen LogP contribution in [-0.4, -0.2) is 14.8 Å². The first-order valence-corrected chi connectivity index (χ1v) is 9.13. The molecule has 0 atom stereocenters. The number of halogens is 1. The normalized spacial score (nSPS) is 11.0. The zero-order chi connectivity index (χ0) is 17.9. The summed E-state index contributed by atoms with van der Waals surface area (Å²) in [6, 6.07) is 18.4. The van der Waals surface area contributed by atoms with E-state index in [4.69, 9.17) is 4.42 Å². The Balaban J connectivity index is 1.71. The highest BCUT2D eigenvalue weighted by Crippen LogP contribution is 2.30. The molecule has 0 aliphatic heterocycles. The number of hydrogen-bond donors (Lipinski definition) is 0. The highest BCUT2D eigenvalue weighted by Gasteiger charge is 2.18. The van der Waals surface area contributed by atoms with Gasteiger partial charge in [0.2, 0.25) is 5.82 Å². The molecule has 4 nitrogen and oxygen atoms in total. The number of benzene rings is 2. The van der Waals surface area contributed by atoms with Crippen LogP contribution in [-0.2, 0) is 5.75 Å². The summed E-state index contributed by atoms with van der Waals surface area (Å²) in [6.45, 7) is 2.04. The van der Waals surface area contributed by atoms with E-state index in [0.717, 1.165) is 16.4 Å². The first-order chi connectivity index (χ1) is 12.7. The standard InChI is InChI=1S/C20H16FN3OS/c1-14-7-9-17(10-8-14)24-19(18-6-3-11-25-18)22-23-20(24)26-13-15-4-2-5-16(21)12-15/h2-12H,13H2,1H3. The second-order valence-electron chi connectivity index (χ2n) is 5.87. The Kier molecular flexibility index (Phi) is 4.58. The van der Waals surface area contributed by atoms with E-state index in [1.807, 2.05) is 54.0 Å². The van der Waals surface area contributed by atoms with Gasteiger partial charge in [-0.05, 0) is 48.9 Å². The Morgan fingerprint density at radius 1 is 1.04 bits per heavy atom. The van der Waals surface area contributed by atoms with Crippen molar-refractivity contribution in [2.24, 2.45) is 0 Å². The molecule has 0 spiro atoms. The van der Waals surface area contributed by atoms with Crippen LogP contribution in [0.15, 0.2) is 76.5 Å². The van der Waals surface area contributed by atoms with Crippen molar-refractivity contribution in [2.45, 2.75) is 17.8 Å². The SMILES string of the molecule is Cc1ccc(-n2c(SCc3cccc(F)c3)nnc2-c2ccco2)cc1. The molecule has 26 heavy (non-hydrogen) atoms. The van der Waals surface area contributed by atoms with Crippen molar-refractivity contribution in [2.75, 3.05) is 0 Å². The van der Waals surface area contributed by atoms with Gasteiger partial charge in [-0.1, -0.05) is 41.6 Å². The number of nitrogens with zero attached hydrogens (tertiary/aromatic N) is 3. The van der Waals surface area contributed by atoms with Crippen molar-refractivity contribution < 1.29 is 8.81 Å². The Hall–Kier alpha value is -2.86. The number of furan rings is 1. The number of aromatic nitrogens is 3. The lowest BCUT2D eigenvalue weighted by Crippen LogP contribution is -1.99. The predicted molar refractivity (Wildman–Crippen MR) is 99.8 cm³/mol. The summed E-state index contributed by atoms with van der Waals surface area (Å²) in [5.41, 5.74) is 3.03. The average Bonchev–Trinajstić information content (AvgIpc) is 3.30. The van der Waals surface area contributed by atoms with E-state index in [2.05, 4.69) is 10.2 Å². The highest BCUT2D eigenvalue weighted by molar-refractivity contribution is 7.98. The van der Waals surface area contributed by atoms with E-state index in [-0.39, 0.29) is 5.82 Å². The van der Waals surface area contributed by atoms with E-state index in [1.54, 1.807) is 12.3 Å². The molecule has 0 bridgehead atoms. The van der Waals surface area contributed by atoms with Crippen LogP contribution in [0.2, 0.25) is 0 Å². The van der Waals surface area contributed by atoms with E-state index >= 15 is 0 Å². The maximum Gasteiger partial charge on any atom is 0.205 e. The van der Waals surface area contributed by atoms with Gasteiger partial charge in [-0.25, -0.2) is 4.39 Å². The highest BCUT2D eigenvalue weighted by atomic mass is 32.2. The smallest absolute Gasteiger partial charge is 0.205 e. The Bertz CT molecular complexity index is 1010. The van der Waals surface area contributed by atoms with Crippen LogP contribution in [0.25, 0.3) is 17.3 Å². The topological polar surface area (TPSA) is 43.9 Å². The minimum Gasteiger partial charge on any atom is -0.461 e. The summed E-state index contributed by atoms with van der Waals surface area (Å²) in [7, 11) is 0. The lowest BCUT2D eigenvalue weighted by molar-refractivity contribution is 0.575. The summed E-state index contributed by atoms with van der Waals surface area (Å²) in [5, 5.41) is 9.37. The lowest BCUT2D eigenvalue weighted by atomic mass is 10.2. The molecular weight excluding hydrogens is 349 g/mol. The molecule has 0 aliphatic rings. The molecule has 4 aromatic rings. The minimum atomic E-state index is -0.237. The molecule has 0 radical (unpaired) electrons. The van der Waals surface area contributed by atoms with Gasteiger partial charge in [-0.3, -0.25) is 4.57 Å². The molecule has 0 amide bonds. The van der Waals surface area contributed by atoms with Gasteiger partial charge < -0.3 is 4.42 Å². The van der Waals surface area contributed by atoms with E-state index in [9.17, 15) is 4.39 Å². The zero-order valence-corrected chi connectivity index (χ0v) is 14.9. The monoisotopic (exact) mass is 365 g/mol. The van der Waals surface area contributed by atoms with Crippen LogP contribution in [0.5, 0.6) is 0 Å². The maximum absolute atomic E-state index is 13.4. The summed E-state index contributed by atoms with van der Waals surface area (Å²) < 4.78 is 20.9. The quantitative estimate of drug-likeness (QED) is 0.452. The molecular formula is C20H16FN3OS. The van der Waals surface area contributed by atoms with Crippen molar-refractivity contribution in [3.8, 4) is 17.3 Å². The largest absolute Gasteiger partial charge is 0.461 e. The van der Waals surface area contributed by atoms with Crippen LogP contribution >= 0.6 is 11.8 Å². The van der Waals surface area contributed by atoms with Crippen LogP contribution in [0.3, 0.4) is 0 Å². The molecule has 0 saturated heterocycles. The van der Waals surface area contributed by atoms with Crippen molar-refractivity contribution in [1.29, 1.82) is 0 Å². The molecule has 2 heterocycles. The van der Waals surface area contributed by atoms with Gasteiger partial charge in [0, 0.05) is 11.4 Å². The van der Waals surface area contributed by atoms with Crippen LogP contribution < -0.4 is 0 Å². The third-order valence-electron chi connectivity index (χ3n) is 3.92. The Morgan fingerprint density at radius 3 is 2.62 bits per heavy atom. The molecule has 4 rings (SSSR count). The fraction of sp³-hybridized carbons (Fsp3) is 0.100. The van der Waals surface area contributed by atoms with Crippen molar-refractivity contribution in [1.82, 2.24) is 14.8 Å². The number of rotatable bonds is 5. The maximum atomic E-state index is 13.4. The first kappa shape index (κ1) is 16.6. The average molecular weight is 365 g/mol. The molecule has 0 N–H and O–H groups in total. The summed E-state index contributed by atoms with van der Waals surface area (Å²) in [4.78, 5) is 0. The first-order valence-electron chi connectivity index (χ1n) is 8.14. The third kappa shape index (κ3) is 3.41. The molecule has 6 heteroatoms. The van der Waals surface area contributed by atoms with Gasteiger partial charge in [-0.2, -0.15) is 0 Å². The van der Waals surface area contributed by atoms with Gasteiger partial charge in [0.15, 0.2) is 10.9 Å². The zero-order valence-electron chi connectivity index (χ0n) is 14.1. The second kappa shape index (κ2) is 7.17. The fourth-order valence-electron chi connectivity index (χ4n) is 2.63. The van der Waals surface area contributed by atoms with Crippen molar-refractivity contribution in [3.63, 3.8) is 0 Å². The summed E-state index contributed by atoms with van der Waals surface area (Å²) in [6.07, 6.45) is 1.61. The number of thioether (sulfide) groups is 1. The summed E-state index contributed by atoms with van der Waals surface area (Å²) in [5.74, 6) is 1.65. The molecule has 0 aliphatic carbocycles. The predicted octanol–water partition coefficient (Wildman–Crippen LogP) is 5.27. The Labute approximate surface area is 154 Å². The molecule has 130 valence electrons. The number of aryl methyl sites for hydroxylation is 1. The van der Waals surface area contributed by atoms with E-state index in [1.165, 1.54) is 29.5 Å². The van der Waals surface area contributed by atoms with Gasteiger partial charge in [0.1, 0.15) is 5.82 Å². The summed E-state index contributed by atoms with van der Waals surface area (Å²) >= 11 is 1.51. The van der Waals surface area contributed by atoms with Crippen molar-refractivity contribution >= 4 is 11.8 Å². The van der Waals surface area contributed by atoms with Crippen LogP contribution in [0.4, 0.5) is 4.39 Å². The van der Waals surface area contributed by atoms with Crippen LogP contribution in [0, 0.1) is 12.7 Å². The van der Waals surface area contributed by atoms with Crippen molar-refractivity contribution in [3.05, 3.63) is 83.9 Å². The van der Waals surface area contributed by atoms with Gasteiger partial charge >= 0.3 is 0 Å². The molecule has 2 aromatic carbocycles. The second-order valence-corrected chi connectivity index (χ2v) is 6.82.